The van der Waals surface area contributed by atoms with Crippen molar-refractivity contribution in [3.8, 4) is 21.8 Å². The molecule has 29 heavy (non-hydrogen) atoms. The average molecular weight is 402 g/mol. The second-order valence-corrected chi connectivity index (χ2v) is 9.50. The third-order valence-corrected chi connectivity index (χ3v) is 6.69. The monoisotopic (exact) mass is 401 g/mol. The van der Waals surface area contributed by atoms with Crippen LogP contribution in [0.25, 0.3) is 32.0 Å². The fraction of sp³-hybridized carbons (Fsp3) is 0.308. The summed E-state index contributed by atoms with van der Waals surface area (Å²) in [6.45, 7) is 11.3. The fourth-order valence-corrected chi connectivity index (χ4v) is 5.12. The Hall–Kier alpha value is -2.52. The molecule has 0 bridgehead atoms. The quantitative estimate of drug-likeness (QED) is 0.336. The SMILES string of the molecule is Cc1ccccc1-c1cc2sc(-c3c(C(C)C)cccc3C(C)C)nc2c[n+]1C. The van der Waals surface area contributed by atoms with Gasteiger partial charge in [-0.1, -0.05) is 64.1 Å². The van der Waals surface area contributed by atoms with E-state index in [1.165, 1.54) is 38.2 Å². The Morgan fingerprint density at radius 3 is 2.17 bits per heavy atom. The van der Waals surface area contributed by atoms with Crippen molar-refractivity contribution in [2.45, 2.75) is 46.5 Å². The molecule has 148 valence electrons. The van der Waals surface area contributed by atoms with Crippen molar-refractivity contribution in [2.24, 2.45) is 7.05 Å². The zero-order valence-electron chi connectivity index (χ0n) is 18.2. The van der Waals surface area contributed by atoms with Gasteiger partial charge in [0, 0.05) is 17.2 Å². The van der Waals surface area contributed by atoms with Gasteiger partial charge in [-0.15, -0.1) is 11.3 Å². The Labute approximate surface area is 177 Å². The number of fused-ring (bicyclic) bond motifs is 1. The number of hydrogen-bond acceptors (Lipinski definition) is 2. The molecule has 0 spiro atoms. The van der Waals surface area contributed by atoms with Gasteiger partial charge in [-0.2, -0.15) is 4.57 Å². The van der Waals surface area contributed by atoms with Crippen LogP contribution in [0.1, 0.15) is 56.2 Å². The van der Waals surface area contributed by atoms with Crippen molar-refractivity contribution in [2.75, 3.05) is 0 Å². The van der Waals surface area contributed by atoms with Crippen LogP contribution in [0.2, 0.25) is 0 Å². The summed E-state index contributed by atoms with van der Waals surface area (Å²) in [6.07, 6.45) is 2.17. The molecule has 0 amide bonds. The molecule has 3 heteroatoms. The number of thiazole rings is 1. The summed E-state index contributed by atoms with van der Waals surface area (Å²) in [6, 6.07) is 17.6. The first-order valence-corrected chi connectivity index (χ1v) is 11.2. The minimum atomic E-state index is 0.467. The lowest BCUT2D eigenvalue weighted by Crippen LogP contribution is -2.30. The van der Waals surface area contributed by atoms with Gasteiger partial charge < -0.3 is 0 Å². The maximum atomic E-state index is 5.08. The first-order valence-electron chi connectivity index (χ1n) is 10.4. The smallest absolute Gasteiger partial charge is 0.214 e. The molecule has 2 heterocycles. The van der Waals surface area contributed by atoms with Gasteiger partial charge in [0.1, 0.15) is 17.6 Å². The van der Waals surface area contributed by atoms with E-state index < -0.39 is 0 Å². The zero-order chi connectivity index (χ0) is 20.7. The first-order chi connectivity index (χ1) is 13.9. The van der Waals surface area contributed by atoms with Crippen LogP contribution in [0, 0.1) is 6.92 Å². The molecule has 0 saturated carbocycles. The number of aryl methyl sites for hydroxylation is 2. The fourth-order valence-electron chi connectivity index (χ4n) is 4.05. The molecule has 0 aliphatic rings. The molecule has 0 aliphatic heterocycles. The highest BCUT2D eigenvalue weighted by Gasteiger charge is 2.21. The van der Waals surface area contributed by atoms with Crippen LogP contribution >= 0.6 is 11.3 Å². The van der Waals surface area contributed by atoms with Crippen LogP contribution in [0.3, 0.4) is 0 Å². The molecule has 0 radical (unpaired) electrons. The maximum absolute atomic E-state index is 5.08. The molecule has 0 atom stereocenters. The van der Waals surface area contributed by atoms with Crippen molar-refractivity contribution >= 4 is 21.6 Å². The van der Waals surface area contributed by atoms with Crippen LogP contribution in [-0.2, 0) is 7.05 Å². The van der Waals surface area contributed by atoms with Crippen molar-refractivity contribution in [3.63, 3.8) is 0 Å². The number of aromatic nitrogens is 2. The molecule has 0 fully saturated rings. The van der Waals surface area contributed by atoms with E-state index in [1.54, 1.807) is 0 Å². The van der Waals surface area contributed by atoms with Gasteiger partial charge >= 0.3 is 0 Å². The second-order valence-electron chi connectivity index (χ2n) is 8.47. The molecular formula is C26H29N2S+. The minimum absolute atomic E-state index is 0.467. The van der Waals surface area contributed by atoms with Gasteiger partial charge in [-0.05, 0) is 41.5 Å². The van der Waals surface area contributed by atoms with Gasteiger partial charge in [-0.3, -0.25) is 0 Å². The molecule has 0 saturated heterocycles. The van der Waals surface area contributed by atoms with Gasteiger partial charge in [-0.25, -0.2) is 4.98 Å². The highest BCUT2D eigenvalue weighted by molar-refractivity contribution is 7.21. The number of pyridine rings is 1. The summed E-state index contributed by atoms with van der Waals surface area (Å²) in [5, 5.41) is 1.13. The van der Waals surface area contributed by atoms with Gasteiger partial charge in [0.25, 0.3) is 0 Å². The summed E-state index contributed by atoms with van der Waals surface area (Å²) in [7, 11) is 2.11. The Kier molecular flexibility index (Phi) is 5.26. The standard InChI is InChI=1S/C26H29N2S/c1-16(2)19-12-9-13-20(17(3)4)25(19)26-27-22-15-28(6)23(14-24(22)29-26)21-11-8-7-10-18(21)5/h7-17H,1-6H3/q+1. The predicted octanol–water partition coefficient (Wildman–Crippen LogP) is 7.01. The van der Waals surface area contributed by atoms with E-state index in [4.69, 9.17) is 4.98 Å². The van der Waals surface area contributed by atoms with Crippen molar-refractivity contribution in [1.29, 1.82) is 0 Å². The molecule has 2 aromatic carbocycles. The molecule has 0 aliphatic carbocycles. The zero-order valence-corrected chi connectivity index (χ0v) is 19.0. The number of rotatable bonds is 4. The Morgan fingerprint density at radius 2 is 1.55 bits per heavy atom. The third kappa shape index (κ3) is 3.60. The van der Waals surface area contributed by atoms with E-state index in [-0.39, 0.29) is 0 Å². The minimum Gasteiger partial charge on any atom is -0.230 e. The van der Waals surface area contributed by atoms with Crippen molar-refractivity contribution < 1.29 is 4.57 Å². The highest BCUT2D eigenvalue weighted by Crippen LogP contribution is 2.40. The topological polar surface area (TPSA) is 16.8 Å². The van der Waals surface area contributed by atoms with Crippen LogP contribution in [-0.4, -0.2) is 4.98 Å². The van der Waals surface area contributed by atoms with Crippen molar-refractivity contribution in [3.05, 3.63) is 71.4 Å². The Morgan fingerprint density at radius 1 is 0.897 bits per heavy atom. The summed E-state index contributed by atoms with van der Waals surface area (Å²) in [5.41, 5.74) is 8.97. The lowest BCUT2D eigenvalue weighted by molar-refractivity contribution is -0.659. The van der Waals surface area contributed by atoms with E-state index in [1.807, 2.05) is 11.3 Å². The molecule has 4 rings (SSSR count). The van der Waals surface area contributed by atoms with E-state index in [0.717, 1.165) is 10.5 Å². The molecule has 2 aromatic heterocycles. The Bertz CT molecular complexity index is 1160. The lowest BCUT2D eigenvalue weighted by Gasteiger charge is -2.17. The van der Waals surface area contributed by atoms with E-state index in [9.17, 15) is 0 Å². The summed E-state index contributed by atoms with van der Waals surface area (Å²) < 4.78 is 3.44. The largest absolute Gasteiger partial charge is 0.230 e. The molecule has 0 N–H and O–H groups in total. The van der Waals surface area contributed by atoms with Crippen LogP contribution < -0.4 is 4.57 Å². The molecular weight excluding hydrogens is 372 g/mol. The normalized spacial score (nSPS) is 11.7. The number of nitrogens with zero attached hydrogens (tertiary/aromatic N) is 2. The first kappa shape index (κ1) is 19.8. The van der Waals surface area contributed by atoms with Gasteiger partial charge in [0.05, 0.1) is 4.70 Å². The highest BCUT2D eigenvalue weighted by atomic mass is 32.1. The average Bonchev–Trinajstić information content (AvgIpc) is 3.09. The number of hydrogen-bond donors (Lipinski definition) is 0. The van der Waals surface area contributed by atoms with Gasteiger partial charge in [0.2, 0.25) is 5.69 Å². The maximum Gasteiger partial charge on any atom is 0.214 e. The molecule has 2 nitrogen and oxygen atoms in total. The van der Waals surface area contributed by atoms with Crippen LogP contribution in [0.5, 0.6) is 0 Å². The summed E-state index contributed by atoms with van der Waals surface area (Å²) in [4.78, 5) is 5.08. The predicted molar refractivity (Wildman–Crippen MR) is 125 cm³/mol. The molecule has 4 aromatic rings. The van der Waals surface area contributed by atoms with E-state index in [0.29, 0.717) is 11.8 Å². The van der Waals surface area contributed by atoms with Crippen LogP contribution in [0.15, 0.2) is 54.7 Å². The van der Waals surface area contributed by atoms with Crippen LogP contribution in [0.4, 0.5) is 0 Å². The summed E-state index contributed by atoms with van der Waals surface area (Å²) in [5.74, 6) is 0.934. The third-order valence-electron chi connectivity index (χ3n) is 5.65. The van der Waals surface area contributed by atoms with E-state index in [2.05, 4.69) is 101 Å². The van der Waals surface area contributed by atoms with E-state index >= 15 is 0 Å². The summed E-state index contributed by atoms with van der Waals surface area (Å²) >= 11 is 1.81. The van der Waals surface area contributed by atoms with Gasteiger partial charge in [0.15, 0.2) is 6.20 Å². The Balaban J connectivity index is 1.94. The molecule has 0 unspecified atom stereocenters. The number of benzene rings is 2. The van der Waals surface area contributed by atoms with Crippen molar-refractivity contribution in [1.82, 2.24) is 4.98 Å². The lowest BCUT2D eigenvalue weighted by atomic mass is 9.89. The second kappa shape index (κ2) is 7.72.